The maximum absolute atomic E-state index is 11.9. The van der Waals surface area contributed by atoms with Crippen LogP contribution in [-0.2, 0) is 9.53 Å². The molecule has 1 atom stereocenters. The summed E-state index contributed by atoms with van der Waals surface area (Å²) in [6.45, 7) is 3.82. The molecule has 0 aromatic carbocycles. The van der Waals surface area contributed by atoms with E-state index < -0.39 is 0 Å². The highest BCUT2D eigenvalue weighted by atomic mass is 16.5. The Balaban J connectivity index is 1.92. The molecule has 1 fully saturated rings. The number of rotatable bonds is 4. The summed E-state index contributed by atoms with van der Waals surface area (Å²) >= 11 is 0. The smallest absolute Gasteiger partial charge is 0.232 e. The molecule has 1 amide bonds. The minimum Gasteiger partial charge on any atom is -0.481 e. The Morgan fingerprint density at radius 1 is 1.63 bits per heavy atom. The van der Waals surface area contributed by atoms with Crippen LogP contribution in [0.5, 0.6) is 5.88 Å². The van der Waals surface area contributed by atoms with Crippen LogP contribution in [0.25, 0.3) is 0 Å². The van der Waals surface area contributed by atoms with Gasteiger partial charge in [0.1, 0.15) is 0 Å². The monoisotopic (exact) mass is 266 g/mol. The zero-order chi connectivity index (χ0) is 13.7. The topological polar surface area (TPSA) is 85.4 Å². The van der Waals surface area contributed by atoms with Gasteiger partial charge in [-0.15, -0.1) is 0 Å². The number of carbonyl (C=O) groups excluding carboxylic acids is 1. The van der Waals surface area contributed by atoms with Crippen molar-refractivity contribution < 1.29 is 14.3 Å². The van der Waals surface area contributed by atoms with E-state index in [2.05, 4.69) is 20.6 Å². The van der Waals surface area contributed by atoms with Crippen molar-refractivity contribution in [1.82, 2.24) is 15.3 Å². The normalized spacial score (nSPS) is 18.9. The molecule has 0 radical (unpaired) electrons. The van der Waals surface area contributed by atoms with Crippen LogP contribution in [0.4, 0.5) is 5.95 Å². The van der Waals surface area contributed by atoms with E-state index in [4.69, 9.17) is 9.47 Å². The predicted molar refractivity (Wildman–Crippen MR) is 69.2 cm³/mol. The number of morpholine rings is 1. The van der Waals surface area contributed by atoms with E-state index >= 15 is 0 Å². The number of nitrogens with zero attached hydrogens (tertiary/aromatic N) is 2. The van der Waals surface area contributed by atoms with Gasteiger partial charge in [0, 0.05) is 30.8 Å². The molecule has 7 nitrogen and oxygen atoms in total. The highest BCUT2D eigenvalue weighted by molar-refractivity contribution is 5.89. The van der Waals surface area contributed by atoms with Crippen molar-refractivity contribution >= 4 is 11.9 Å². The van der Waals surface area contributed by atoms with Crippen LogP contribution < -0.4 is 15.4 Å². The van der Waals surface area contributed by atoms with E-state index in [1.807, 2.05) is 6.92 Å². The Labute approximate surface area is 111 Å². The van der Waals surface area contributed by atoms with Crippen molar-refractivity contribution in [1.29, 1.82) is 0 Å². The molecule has 1 aromatic heterocycles. The minimum atomic E-state index is -0.143. The molecule has 0 bridgehead atoms. The number of methoxy groups -OCH3 is 1. The fourth-order valence-electron chi connectivity index (χ4n) is 1.85. The second-order valence-electron chi connectivity index (χ2n) is 4.35. The predicted octanol–water partition coefficient (Wildman–Crippen LogP) is 0.111. The van der Waals surface area contributed by atoms with Crippen molar-refractivity contribution in [2.75, 3.05) is 32.2 Å². The van der Waals surface area contributed by atoms with Crippen molar-refractivity contribution in [3.05, 3.63) is 11.8 Å². The molecule has 1 aliphatic rings. The highest BCUT2D eigenvalue weighted by Crippen LogP contribution is 2.11. The van der Waals surface area contributed by atoms with Gasteiger partial charge in [0.2, 0.25) is 17.7 Å². The van der Waals surface area contributed by atoms with Gasteiger partial charge >= 0.3 is 0 Å². The summed E-state index contributed by atoms with van der Waals surface area (Å²) in [6, 6.07) is 1.74. The summed E-state index contributed by atoms with van der Waals surface area (Å²) < 4.78 is 10.3. The maximum Gasteiger partial charge on any atom is 0.232 e. The lowest BCUT2D eigenvalue weighted by molar-refractivity contribution is -0.117. The van der Waals surface area contributed by atoms with Gasteiger partial charge in [-0.3, -0.25) is 10.1 Å². The third-order valence-corrected chi connectivity index (χ3v) is 2.72. The molecular weight excluding hydrogens is 248 g/mol. The molecule has 0 spiro atoms. The Morgan fingerprint density at radius 3 is 3.16 bits per heavy atom. The zero-order valence-electron chi connectivity index (χ0n) is 11.1. The molecule has 1 aromatic rings. The van der Waals surface area contributed by atoms with Gasteiger partial charge in [-0.2, -0.15) is 4.98 Å². The van der Waals surface area contributed by atoms with Crippen LogP contribution in [0.2, 0.25) is 0 Å². The third-order valence-electron chi connectivity index (χ3n) is 2.72. The van der Waals surface area contributed by atoms with Crippen molar-refractivity contribution in [2.24, 2.45) is 0 Å². The first-order valence-corrected chi connectivity index (χ1v) is 6.18. The second-order valence-corrected chi connectivity index (χ2v) is 4.35. The number of anilines is 1. The van der Waals surface area contributed by atoms with E-state index in [9.17, 15) is 4.79 Å². The number of aryl methyl sites for hydroxylation is 1. The zero-order valence-corrected chi connectivity index (χ0v) is 11.1. The number of nitrogens with one attached hydrogen (secondary N) is 2. The van der Waals surface area contributed by atoms with E-state index in [0.29, 0.717) is 25.5 Å². The third kappa shape index (κ3) is 4.15. The largest absolute Gasteiger partial charge is 0.481 e. The van der Waals surface area contributed by atoms with E-state index in [-0.39, 0.29) is 17.9 Å². The van der Waals surface area contributed by atoms with E-state index in [1.54, 1.807) is 6.07 Å². The van der Waals surface area contributed by atoms with Crippen LogP contribution >= 0.6 is 0 Å². The standard InChI is InChI=1S/C12H18N4O3/c1-8-5-11(18-2)16-12(14-8)15-10(17)6-9-7-19-4-3-13-9/h5,9,13H,3-4,6-7H2,1-2H3,(H,14,15,16,17). The lowest BCUT2D eigenvalue weighted by Crippen LogP contribution is -2.43. The van der Waals surface area contributed by atoms with Crippen molar-refractivity contribution in [3.63, 3.8) is 0 Å². The molecule has 7 heteroatoms. The summed E-state index contributed by atoms with van der Waals surface area (Å²) in [6.07, 6.45) is 0.333. The highest BCUT2D eigenvalue weighted by Gasteiger charge is 2.17. The molecule has 19 heavy (non-hydrogen) atoms. The van der Waals surface area contributed by atoms with Crippen LogP contribution in [-0.4, -0.2) is 48.8 Å². The molecule has 0 saturated carbocycles. The summed E-state index contributed by atoms with van der Waals surface area (Å²) in [5.41, 5.74) is 0.737. The minimum absolute atomic E-state index is 0.0421. The van der Waals surface area contributed by atoms with Crippen molar-refractivity contribution in [3.8, 4) is 5.88 Å². The van der Waals surface area contributed by atoms with Gasteiger partial charge in [0.05, 0.1) is 20.3 Å². The first-order valence-electron chi connectivity index (χ1n) is 6.18. The molecule has 2 N–H and O–H groups in total. The van der Waals surface area contributed by atoms with Gasteiger partial charge in [-0.25, -0.2) is 4.98 Å². The summed E-state index contributed by atoms with van der Waals surface area (Å²) in [7, 11) is 1.52. The first kappa shape index (κ1) is 13.7. The average Bonchev–Trinajstić information content (AvgIpc) is 2.38. The SMILES string of the molecule is COc1cc(C)nc(NC(=O)CC2COCCN2)n1. The van der Waals surface area contributed by atoms with Crippen LogP contribution in [0, 0.1) is 6.92 Å². The van der Waals surface area contributed by atoms with Gasteiger partial charge < -0.3 is 14.8 Å². The van der Waals surface area contributed by atoms with Gasteiger partial charge in [-0.05, 0) is 6.92 Å². The molecule has 2 heterocycles. The van der Waals surface area contributed by atoms with Gasteiger partial charge in [0.15, 0.2) is 0 Å². The lowest BCUT2D eigenvalue weighted by atomic mass is 10.2. The average molecular weight is 266 g/mol. The molecule has 2 rings (SSSR count). The van der Waals surface area contributed by atoms with Gasteiger partial charge in [0.25, 0.3) is 0 Å². The summed E-state index contributed by atoms with van der Waals surface area (Å²) in [5.74, 6) is 0.552. The Hall–Kier alpha value is -1.73. The Kier molecular flexibility index (Phi) is 4.64. The van der Waals surface area contributed by atoms with Crippen LogP contribution in [0.15, 0.2) is 6.07 Å². The fourth-order valence-corrected chi connectivity index (χ4v) is 1.85. The molecule has 1 unspecified atom stereocenters. The number of amides is 1. The summed E-state index contributed by atoms with van der Waals surface area (Å²) in [4.78, 5) is 20.1. The number of hydrogen-bond acceptors (Lipinski definition) is 6. The molecule has 0 aliphatic carbocycles. The quantitative estimate of drug-likeness (QED) is 0.804. The number of hydrogen-bond donors (Lipinski definition) is 2. The summed E-state index contributed by atoms with van der Waals surface area (Å²) in [5, 5.41) is 5.89. The van der Waals surface area contributed by atoms with Crippen molar-refractivity contribution in [2.45, 2.75) is 19.4 Å². The second kappa shape index (κ2) is 6.44. The van der Waals surface area contributed by atoms with E-state index in [0.717, 1.165) is 12.2 Å². The lowest BCUT2D eigenvalue weighted by Gasteiger charge is -2.23. The van der Waals surface area contributed by atoms with Crippen LogP contribution in [0.1, 0.15) is 12.1 Å². The number of aromatic nitrogens is 2. The fraction of sp³-hybridized carbons (Fsp3) is 0.583. The first-order chi connectivity index (χ1) is 9.17. The number of carbonyl (C=O) groups is 1. The molecule has 1 aliphatic heterocycles. The Morgan fingerprint density at radius 2 is 2.47 bits per heavy atom. The number of ether oxygens (including phenoxy) is 2. The maximum atomic E-state index is 11.9. The van der Waals surface area contributed by atoms with Gasteiger partial charge in [-0.1, -0.05) is 0 Å². The Bertz CT molecular complexity index is 447. The molecular formula is C12H18N4O3. The molecule has 104 valence electrons. The molecule has 1 saturated heterocycles. The van der Waals surface area contributed by atoms with Crippen LogP contribution in [0.3, 0.4) is 0 Å². The van der Waals surface area contributed by atoms with E-state index in [1.165, 1.54) is 7.11 Å².